The van der Waals surface area contributed by atoms with E-state index in [1.165, 1.54) is 24.3 Å². The number of aliphatic hydroxyl groups is 1. The number of alkyl halides is 4. The smallest absolute Gasteiger partial charge is 0.387 e. The van der Waals surface area contributed by atoms with Crippen LogP contribution in [0.5, 0.6) is 5.75 Å². The second kappa shape index (κ2) is 6.04. The molecule has 0 heterocycles. The van der Waals surface area contributed by atoms with Gasteiger partial charge in [0.2, 0.25) is 0 Å². The van der Waals surface area contributed by atoms with Gasteiger partial charge in [-0.3, -0.25) is 0 Å². The van der Waals surface area contributed by atoms with E-state index in [0.717, 1.165) is 6.92 Å². The molecule has 0 saturated carbocycles. The topological polar surface area (TPSA) is 29.5 Å². The van der Waals surface area contributed by atoms with Crippen LogP contribution in [0.25, 0.3) is 0 Å². The van der Waals surface area contributed by atoms with E-state index in [2.05, 4.69) is 4.74 Å². The molecule has 0 radical (unpaired) electrons. The third kappa shape index (κ3) is 4.52. The van der Waals surface area contributed by atoms with Gasteiger partial charge in [0.05, 0.1) is 0 Å². The van der Waals surface area contributed by atoms with E-state index in [0.29, 0.717) is 5.56 Å². The molecule has 0 aliphatic heterocycles. The van der Waals surface area contributed by atoms with Gasteiger partial charge in [0.15, 0.2) is 0 Å². The number of hydrogen-bond acceptors (Lipinski definition) is 2. The highest BCUT2D eigenvalue weighted by atomic mass is 19.3. The first-order valence-electron chi connectivity index (χ1n) is 5.35. The van der Waals surface area contributed by atoms with E-state index in [4.69, 9.17) is 0 Å². The van der Waals surface area contributed by atoms with Crippen molar-refractivity contribution in [2.45, 2.75) is 38.4 Å². The fourth-order valence-corrected chi connectivity index (χ4v) is 1.34. The first kappa shape index (κ1) is 14.8. The Labute approximate surface area is 102 Å². The van der Waals surface area contributed by atoms with Gasteiger partial charge in [-0.15, -0.1) is 0 Å². The third-order valence-corrected chi connectivity index (χ3v) is 2.54. The molecule has 0 spiro atoms. The van der Waals surface area contributed by atoms with Gasteiger partial charge in [-0.25, -0.2) is 8.78 Å². The summed E-state index contributed by atoms with van der Waals surface area (Å²) in [6.07, 6.45) is -2.70. The molecule has 1 unspecified atom stereocenters. The van der Waals surface area contributed by atoms with Gasteiger partial charge in [-0.1, -0.05) is 12.1 Å². The predicted octanol–water partition coefficient (Wildman–Crippen LogP) is 3.24. The molecular weight excluding hydrogens is 252 g/mol. The summed E-state index contributed by atoms with van der Waals surface area (Å²) in [7, 11) is 0. The average Bonchev–Trinajstić information content (AvgIpc) is 2.27. The molecule has 1 atom stereocenters. The summed E-state index contributed by atoms with van der Waals surface area (Å²) in [4.78, 5) is 0. The van der Waals surface area contributed by atoms with Crippen LogP contribution < -0.4 is 4.74 Å². The van der Waals surface area contributed by atoms with Crippen LogP contribution in [-0.4, -0.2) is 23.7 Å². The molecule has 0 aromatic heterocycles. The lowest BCUT2D eigenvalue weighted by molar-refractivity contribution is -0.0873. The first-order valence-corrected chi connectivity index (χ1v) is 5.35. The predicted molar refractivity (Wildman–Crippen MR) is 58.0 cm³/mol. The largest absolute Gasteiger partial charge is 0.435 e. The third-order valence-electron chi connectivity index (χ3n) is 2.54. The molecule has 1 aromatic carbocycles. The minimum absolute atomic E-state index is 0.00868. The van der Waals surface area contributed by atoms with E-state index in [1.54, 1.807) is 0 Å². The Balaban J connectivity index is 2.54. The van der Waals surface area contributed by atoms with Crippen LogP contribution in [0.15, 0.2) is 24.3 Å². The molecule has 0 amide bonds. The summed E-state index contributed by atoms with van der Waals surface area (Å²) in [6.45, 7) is -1.83. The van der Waals surface area contributed by atoms with Gasteiger partial charge in [-0.2, -0.15) is 8.78 Å². The fraction of sp³-hybridized carbons (Fsp3) is 0.500. The Kier molecular flexibility index (Phi) is 4.95. The molecule has 0 aliphatic rings. The van der Waals surface area contributed by atoms with Gasteiger partial charge in [-0.05, 0) is 37.5 Å². The lowest BCUT2D eigenvalue weighted by atomic mass is 9.97. The van der Waals surface area contributed by atoms with Crippen molar-refractivity contribution in [1.82, 2.24) is 0 Å². The lowest BCUT2D eigenvalue weighted by Crippen LogP contribution is -2.33. The molecule has 2 nitrogen and oxygen atoms in total. The van der Waals surface area contributed by atoms with Crippen LogP contribution in [0.1, 0.15) is 18.9 Å². The minimum Gasteiger partial charge on any atom is -0.435 e. The molecule has 1 aromatic rings. The zero-order chi connectivity index (χ0) is 13.8. The van der Waals surface area contributed by atoms with Crippen molar-refractivity contribution in [2.24, 2.45) is 0 Å². The van der Waals surface area contributed by atoms with Crippen LogP contribution in [0, 0.1) is 0 Å². The van der Waals surface area contributed by atoms with Crippen LogP contribution in [0.3, 0.4) is 0 Å². The molecule has 102 valence electrons. The monoisotopic (exact) mass is 266 g/mol. The second-order valence-electron chi connectivity index (χ2n) is 4.18. The summed E-state index contributed by atoms with van der Waals surface area (Å²) >= 11 is 0. The Morgan fingerprint density at radius 3 is 2.17 bits per heavy atom. The minimum atomic E-state index is -2.89. The molecule has 6 heteroatoms. The summed E-state index contributed by atoms with van der Waals surface area (Å²) in [5, 5.41) is 9.35. The van der Waals surface area contributed by atoms with Gasteiger partial charge < -0.3 is 9.84 Å². The van der Waals surface area contributed by atoms with E-state index < -0.39 is 18.6 Å². The highest BCUT2D eigenvalue weighted by Gasteiger charge is 2.31. The Hall–Kier alpha value is -1.30. The van der Waals surface area contributed by atoms with Crippen LogP contribution in [0.2, 0.25) is 0 Å². The van der Waals surface area contributed by atoms with Crippen molar-refractivity contribution in [3.8, 4) is 5.75 Å². The maximum atomic E-state index is 12.4. The zero-order valence-corrected chi connectivity index (χ0v) is 9.75. The van der Waals surface area contributed by atoms with Crippen molar-refractivity contribution in [3.05, 3.63) is 29.8 Å². The molecule has 0 aliphatic carbocycles. The molecule has 1 N–H and O–H groups in total. The molecule has 1 rings (SSSR count). The first-order chi connectivity index (χ1) is 8.31. The molecule has 0 fully saturated rings. The lowest BCUT2D eigenvalue weighted by Gasteiger charge is -2.21. The zero-order valence-electron chi connectivity index (χ0n) is 9.75. The summed E-state index contributed by atoms with van der Waals surface area (Å²) in [6, 6.07) is 5.66. The Bertz CT molecular complexity index is 363. The number of ether oxygens (including phenoxy) is 1. The Morgan fingerprint density at radius 2 is 1.72 bits per heavy atom. The summed E-state index contributed by atoms with van der Waals surface area (Å²) in [5.41, 5.74) is -1.38. The molecule has 0 bridgehead atoms. The highest BCUT2D eigenvalue weighted by molar-refractivity contribution is 5.27. The van der Waals surface area contributed by atoms with Crippen LogP contribution in [0.4, 0.5) is 17.6 Å². The van der Waals surface area contributed by atoms with Gasteiger partial charge >= 0.3 is 6.61 Å². The number of benzene rings is 1. The Morgan fingerprint density at radius 1 is 1.17 bits per heavy atom. The standard InChI is InChI=1S/C12H14F4O2/c1-12(17,10(13)14)7-6-8-2-4-9(5-3-8)18-11(15)16/h2-5,10-11,17H,6-7H2,1H3. The highest BCUT2D eigenvalue weighted by Crippen LogP contribution is 2.22. The maximum absolute atomic E-state index is 12.4. The van der Waals surface area contributed by atoms with Gasteiger partial charge in [0.25, 0.3) is 6.43 Å². The van der Waals surface area contributed by atoms with Crippen molar-refractivity contribution in [2.75, 3.05) is 0 Å². The van der Waals surface area contributed by atoms with Crippen molar-refractivity contribution < 1.29 is 27.4 Å². The average molecular weight is 266 g/mol. The summed E-state index contributed by atoms with van der Waals surface area (Å²) in [5.74, 6) is 0.00868. The van der Waals surface area contributed by atoms with Gasteiger partial charge in [0.1, 0.15) is 11.4 Å². The van der Waals surface area contributed by atoms with Crippen LogP contribution >= 0.6 is 0 Å². The summed E-state index contributed by atoms with van der Waals surface area (Å²) < 4.78 is 52.6. The van der Waals surface area contributed by atoms with Crippen molar-refractivity contribution in [3.63, 3.8) is 0 Å². The molecular formula is C12H14F4O2. The van der Waals surface area contributed by atoms with Gasteiger partial charge in [0, 0.05) is 0 Å². The van der Waals surface area contributed by atoms with Crippen molar-refractivity contribution >= 4 is 0 Å². The van der Waals surface area contributed by atoms with Crippen molar-refractivity contribution in [1.29, 1.82) is 0 Å². The quantitative estimate of drug-likeness (QED) is 0.801. The van der Waals surface area contributed by atoms with E-state index in [9.17, 15) is 22.7 Å². The van der Waals surface area contributed by atoms with E-state index >= 15 is 0 Å². The number of halogens is 4. The molecule has 0 saturated heterocycles. The fourth-order valence-electron chi connectivity index (χ4n) is 1.34. The maximum Gasteiger partial charge on any atom is 0.387 e. The number of hydrogen-bond donors (Lipinski definition) is 1. The second-order valence-corrected chi connectivity index (χ2v) is 4.18. The van der Waals surface area contributed by atoms with E-state index in [-0.39, 0.29) is 18.6 Å². The normalized spacial score (nSPS) is 14.9. The number of rotatable bonds is 6. The van der Waals surface area contributed by atoms with E-state index in [1.807, 2.05) is 0 Å². The molecule has 18 heavy (non-hydrogen) atoms. The SMILES string of the molecule is CC(O)(CCc1ccc(OC(F)F)cc1)C(F)F. The van der Waals surface area contributed by atoms with Crippen LogP contribution in [-0.2, 0) is 6.42 Å². The number of aryl methyl sites for hydroxylation is 1.